The monoisotopic (exact) mass is 227 g/mol. The Morgan fingerprint density at radius 3 is 2.50 bits per heavy atom. The number of hydrogen-bond acceptors (Lipinski definition) is 4. The van der Waals surface area contributed by atoms with Crippen LogP contribution in [0.5, 0.6) is 0 Å². The van der Waals surface area contributed by atoms with Gasteiger partial charge < -0.3 is 15.4 Å². The van der Waals surface area contributed by atoms with Gasteiger partial charge in [-0.05, 0) is 32.2 Å². The van der Waals surface area contributed by atoms with Gasteiger partial charge in [0.2, 0.25) is 0 Å². The molecular formula is C12H25N3O. The average molecular weight is 227 g/mol. The lowest BCUT2D eigenvalue weighted by atomic mass is 9.90. The Bertz CT molecular complexity index is 217. The Kier molecular flexibility index (Phi) is 7.31. The molecule has 0 radical (unpaired) electrons. The van der Waals surface area contributed by atoms with E-state index in [0.29, 0.717) is 0 Å². The summed E-state index contributed by atoms with van der Waals surface area (Å²) in [5, 5.41) is 8.87. The molecule has 0 unspecified atom stereocenters. The van der Waals surface area contributed by atoms with Crippen molar-refractivity contribution in [3.05, 3.63) is 0 Å². The molecule has 1 rings (SSSR count). The van der Waals surface area contributed by atoms with Gasteiger partial charge in [0, 0.05) is 26.8 Å². The molecule has 1 aliphatic rings. The van der Waals surface area contributed by atoms with Gasteiger partial charge in [-0.3, -0.25) is 0 Å². The van der Waals surface area contributed by atoms with Crippen molar-refractivity contribution in [3.8, 4) is 6.07 Å². The highest BCUT2D eigenvalue weighted by Crippen LogP contribution is 2.18. The molecule has 4 nitrogen and oxygen atoms in total. The normalized spacial score (nSPS) is 19.8. The van der Waals surface area contributed by atoms with Crippen molar-refractivity contribution in [1.82, 2.24) is 4.90 Å². The molecule has 1 saturated heterocycles. The Hall–Kier alpha value is -0.630. The molecule has 0 atom stereocenters. The summed E-state index contributed by atoms with van der Waals surface area (Å²) in [7, 11) is 1.73. The predicted molar refractivity (Wildman–Crippen MR) is 66.0 cm³/mol. The molecule has 1 aliphatic heterocycles. The van der Waals surface area contributed by atoms with E-state index in [2.05, 4.69) is 11.0 Å². The summed E-state index contributed by atoms with van der Waals surface area (Å²) < 4.78 is 5.00. The molecule has 1 fully saturated rings. The molecule has 0 amide bonds. The number of nitrogens with zero attached hydrogens (tertiary/aromatic N) is 2. The topological polar surface area (TPSA) is 62.3 Å². The van der Waals surface area contributed by atoms with E-state index in [1.165, 1.54) is 0 Å². The minimum Gasteiger partial charge on any atom is -0.385 e. The van der Waals surface area contributed by atoms with Gasteiger partial charge in [-0.2, -0.15) is 5.26 Å². The molecule has 94 valence electrons. The van der Waals surface area contributed by atoms with E-state index in [1.807, 2.05) is 0 Å². The molecule has 0 saturated carbocycles. The Morgan fingerprint density at radius 2 is 2.00 bits per heavy atom. The fraction of sp³-hybridized carbons (Fsp3) is 0.917. The fourth-order valence-electron chi connectivity index (χ4n) is 1.87. The molecule has 0 aromatic carbocycles. The van der Waals surface area contributed by atoms with E-state index in [-0.39, 0.29) is 7.43 Å². The SMILES string of the molecule is C.COCCCCN1CCC(N)(C#N)CC1. The largest absolute Gasteiger partial charge is 0.385 e. The highest BCUT2D eigenvalue weighted by Gasteiger charge is 2.29. The van der Waals surface area contributed by atoms with Crippen LogP contribution in [0.4, 0.5) is 0 Å². The second-order valence-electron chi connectivity index (χ2n) is 4.31. The smallest absolute Gasteiger partial charge is 0.106 e. The maximum Gasteiger partial charge on any atom is 0.106 e. The number of hydrogen-bond donors (Lipinski definition) is 1. The third-order valence-corrected chi connectivity index (χ3v) is 3.04. The molecule has 0 spiro atoms. The van der Waals surface area contributed by atoms with E-state index >= 15 is 0 Å². The second-order valence-corrected chi connectivity index (χ2v) is 4.31. The van der Waals surface area contributed by atoms with E-state index in [9.17, 15) is 0 Å². The number of piperidine rings is 1. The van der Waals surface area contributed by atoms with Crippen molar-refractivity contribution in [1.29, 1.82) is 5.26 Å². The van der Waals surface area contributed by atoms with Gasteiger partial charge in [-0.15, -0.1) is 0 Å². The number of nitriles is 1. The van der Waals surface area contributed by atoms with Gasteiger partial charge in [0.05, 0.1) is 6.07 Å². The summed E-state index contributed by atoms with van der Waals surface area (Å²) in [4.78, 5) is 2.39. The highest BCUT2D eigenvalue weighted by molar-refractivity contribution is 5.07. The van der Waals surface area contributed by atoms with Crippen LogP contribution in [0.1, 0.15) is 33.1 Å². The molecule has 0 aromatic rings. The van der Waals surface area contributed by atoms with Crippen LogP contribution in [0, 0.1) is 11.3 Å². The molecule has 4 heteroatoms. The predicted octanol–water partition coefficient (Wildman–Crippen LogP) is 1.37. The summed E-state index contributed by atoms with van der Waals surface area (Å²) in [6.07, 6.45) is 3.87. The first-order valence-electron chi connectivity index (χ1n) is 5.61. The number of methoxy groups -OCH3 is 1. The van der Waals surface area contributed by atoms with Gasteiger partial charge in [0.25, 0.3) is 0 Å². The summed E-state index contributed by atoms with van der Waals surface area (Å²) in [5.41, 5.74) is 5.32. The van der Waals surface area contributed by atoms with Gasteiger partial charge in [-0.25, -0.2) is 0 Å². The van der Waals surface area contributed by atoms with Gasteiger partial charge in [-0.1, -0.05) is 7.43 Å². The Balaban J connectivity index is 0.00000225. The number of nitrogens with two attached hydrogens (primary N) is 1. The van der Waals surface area contributed by atoms with Crippen molar-refractivity contribution < 1.29 is 4.74 Å². The highest BCUT2D eigenvalue weighted by atomic mass is 16.5. The van der Waals surface area contributed by atoms with Gasteiger partial charge >= 0.3 is 0 Å². The quantitative estimate of drug-likeness (QED) is 0.720. The second kappa shape index (κ2) is 7.61. The maximum atomic E-state index is 8.87. The first-order chi connectivity index (χ1) is 7.20. The van der Waals surface area contributed by atoms with Gasteiger partial charge in [0.1, 0.15) is 5.54 Å². The molecule has 0 aliphatic carbocycles. The first kappa shape index (κ1) is 15.4. The summed E-state index contributed by atoms with van der Waals surface area (Å²) in [5.74, 6) is 0. The van der Waals surface area contributed by atoms with Crippen molar-refractivity contribution >= 4 is 0 Å². The standard InChI is InChI=1S/C11H21N3O.CH4/c1-15-9-3-2-6-14-7-4-11(13,10-12)5-8-14;/h2-9,13H2,1H3;1H4. The summed E-state index contributed by atoms with van der Waals surface area (Å²) in [6, 6.07) is 2.21. The zero-order valence-corrected chi connectivity index (χ0v) is 9.54. The maximum absolute atomic E-state index is 8.87. The van der Waals surface area contributed by atoms with Crippen LogP contribution in [0.25, 0.3) is 0 Å². The number of likely N-dealkylation sites (tertiary alicyclic amines) is 1. The zero-order valence-electron chi connectivity index (χ0n) is 9.54. The lowest BCUT2D eigenvalue weighted by Gasteiger charge is -2.34. The lowest BCUT2D eigenvalue weighted by molar-refractivity contribution is 0.164. The molecule has 16 heavy (non-hydrogen) atoms. The Labute approximate surface area is 99.4 Å². The molecule has 1 heterocycles. The van der Waals surface area contributed by atoms with Crippen LogP contribution in [0.15, 0.2) is 0 Å². The minimum atomic E-state index is -0.566. The molecule has 2 N–H and O–H groups in total. The minimum absolute atomic E-state index is 0. The fourth-order valence-corrected chi connectivity index (χ4v) is 1.87. The summed E-state index contributed by atoms with van der Waals surface area (Å²) in [6.45, 7) is 3.85. The summed E-state index contributed by atoms with van der Waals surface area (Å²) >= 11 is 0. The van der Waals surface area contributed by atoms with Crippen LogP contribution >= 0.6 is 0 Å². The van der Waals surface area contributed by atoms with Crippen molar-refractivity contribution in [2.45, 2.75) is 38.6 Å². The Morgan fingerprint density at radius 1 is 1.38 bits per heavy atom. The van der Waals surface area contributed by atoms with Crippen LogP contribution in [0.3, 0.4) is 0 Å². The van der Waals surface area contributed by atoms with E-state index in [0.717, 1.165) is 51.9 Å². The zero-order chi connectivity index (χ0) is 11.1. The number of rotatable bonds is 5. The van der Waals surface area contributed by atoms with Crippen molar-refractivity contribution in [3.63, 3.8) is 0 Å². The van der Waals surface area contributed by atoms with Crippen LogP contribution in [-0.2, 0) is 4.74 Å². The van der Waals surface area contributed by atoms with Crippen molar-refractivity contribution in [2.24, 2.45) is 5.73 Å². The van der Waals surface area contributed by atoms with E-state index < -0.39 is 5.54 Å². The van der Waals surface area contributed by atoms with Crippen LogP contribution < -0.4 is 5.73 Å². The third kappa shape index (κ3) is 4.93. The van der Waals surface area contributed by atoms with E-state index in [1.54, 1.807) is 7.11 Å². The first-order valence-corrected chi connectivity index (χ1v) is 5.61. The van der Waals surface area contributed by atoms with Crippen LogP contribution in [0.2, 0.25) is 0 Å². The lowest BCUT2D eigenvalue weighted by Crippen LogP contribution is -2.49. The van der Waals surface area contributed by atoms with E-state index in [4.69, 9.17) is 15.7 Å². The average Bonchev–Trinajstić information content (AvgIpc) is 2.27. The van der Waals surface area contributed by atoms with Gasteiger partial charge in [0.15, 0.2) is 0 Å². The van der Waals surface area contributed by atoms with Crippen LogP contribution in [-0.4, -0.2) is 43.8 Å². The molecule has 0 aromatic heterocycles. The number of unbranched alkanes of at least 4 members (excludes halogenated alkanes) is 1. The third-order valence-electron chi connectivity index (χ3n) is 3.04. The van der Waals surface area contributed by atoms with Crippen molar-refractivity contribution in [2.75, 3.05) is 33.4 Å². The molecule has 0 bridgehead atoms. The molecular weight excluding hydrogens is 202 g/mol. The number of ether oxygens (including phenoxy) is 1.